The Balaban J connectivity index is 2.08. The van der Waals surface area contributed by atoms with Crippen molar-refractivity contribution < 1.29 is 9.47 Å². The monoisotopic (exact) mass is 271 g/mol. The zero-order valence-electron chi connectivity index (χ0n) is 12.3. The van der Waals surface area contributed by atoms with E-state index < -0.39 is 0 Å². The fourth-order valence-corrected chi connectivity index (χ4v) is 2.05. The van der Waals surface area contributed by atoms with E-state index in [9.17, 15) is 0 Å². The molecule has 0 aliphatic heterocycles. The molecule has 0 bridgehead atoms. The van der Waals surface area contributed by atoms with E-state index in [0.717, 1.165) is 22.6 Å². The van der Waals surface area contributed by atoms with Gasteiger partial charge in [-0.25, -0.2) is 0 Å². The van der Waals surface area contributed by atoms with Crippen LogP contribution in [-0.4, -0.2) is 7.11 Å². The Morgan fingerprint density at radius 3 is 2.45 bits per heavy atom. The van der Waals surface area contributed by atoms with Crippen LogP contribution >= 0.6 is 0 Å². The van der Waals surface area contributed by atoms with Crippen LogP contribution in [0.4, 0.5) is 0 Å². The summed E-state index contributed by atoms with van der Waals surface area (Å²) in [5, 5.41) is 0. The van der Waals surface area contributed by atoms with E-state index in [2.05, 4.69) is 26.0 Å². The molecule has 0 aliphatic rings. The summed E-state index contributed by atoms with van der Waals surface area (Å²) < 4.78 is 11.1. The highest BCUT2D eigenvalue weighted by atomic mass is 16.5. The van der Waals surface area contributed by atoms with E-state index in [1.165, 1.54) is 11.1 Å². The van der Waals surface area contributed by atoms with Gasteiger partial charge in [0.15, 0.2) is 0 Å². The minimum Gasteiger partial charge on any atom is -0.496 e. The first-order valence-electron chi connectivity index (χ1n) is 6.70. The van der Waals surface area contributed by atoms with Crippen LogP contribution in [0.1, 0.15) is 22.3 Å². The van der Waals surface area contributed by atoms with Crippen molar-refractivity contribution in [3.05, 3.63) is 58.7 Å². The van der Waals surface area contributed by atoms with Crippen LogP contribution in [0.25, 0.3) is 0 Å². The second-order valence-electron chi connectivity index (χ2n) is 4.89. The second kappa shape index (κ2) is 6.44. The summed E-state index contributed by atoms with van der Waals surface area (Å²) in [5.41, 5.74) is 10.3. The maximum Gasteiger partial charge on any atom is 0.123 e. The summed E-state index contributed by atoms with van der Waals surface area (Å²) in [6, 6.07) is 12.1. The van der Waals surface area contributed by atoms with E-state index in [4.69, 9.17) is 15.2 Å². The van der Waals surface area contributed by atoms with E-state index in [1.807, 2.05) is 24.3 Å². The Bertz CT molecular complexity index is 594. The van der Waals surface area contributed by atoms with Crippen LogP contribution in [0, 0.1) is 13.8 Å². The third kappa shape index (κ3) is 3.31. The quantitative estimate of drug-likeness (QED) is 0.907. The summed E-state index contributed by atoms with van der Waals surface area (Å²) in [5.74, 6) is 1.71. The van der Waals surface area contributed by atoms with Gasteiger partial charge in [0.1, 0.15) is 18.1 Å². The lowest BCUT2D eigenvalue weighted by atomic mass is 10.1. The fraction of sp³-hybridized carbons (Fsp3) is 0.294. The third-order valence-corrected chi connectivity index (χ3v) is 3.45. The van der Waals surface area contributed by atoms with Crippen molar-refractivity contribution in [2.24, 2.45) is 5.73 Å². The van der Waals surface area contributed by atoms with Crippen LogP contribution < -0.4 is 15.2 Å². The van der Waals surface area contributed by atoms with Gasteiger partial charge in [0.2, 0.25) is 0 Å². The van der Waals surface area contributed by atoms with Crippen LogP contribution in [0.5, 0.6) is 11.5 Å². The summed E-state index contributed by atoms with van der Waals surface area (Å²) in [7, 11) is 1.65. The first-order chi connectivity index (χ1) is 9.63. The summed E-state index contributed by atoms with van der Waals surface area (Å²) >= 11 is 0. The van der Waals surface area contributed by atoms with E-state index in [-0.39, 0.29) is 0 Å². The number of ether oxygens (including phenoxy) is 2. The first kappa shape index (κ1) is 14.4. The zero-order valence-corrected chi connectivity index (χ0v) is 12.3. The summed E-state index contributed by atoms with van der Waals surface area (Å²) in [6.07, 6.45) is 0. The van der Waals surface area contributed by atoms with Crippen LogP contribution in [-0.2, 0) is 13.2 Å². The van der Waals surface area contributed by atoms with E-state index in [0.29, 0.717) is 13.2 Å². The number of benzene rings is 2. The maximum atomic E-state index is 5.82. The van der Waals surface area contributed by atoms with Crippen molar-refractivity contribution in [1.29, 1.82) is 0 Å². The van der Waals surface area contributed by atoms with Gasteiger partial charge in [0, 0.05) is 12.1 Å². The molecule has 0 unspecified atom stereocenters. The minimum atomic E-state index is 0.459. The molecule has 0 fully saturated rings. The highest BCUT2D eigenvalue weighted by Crippen LogP contribution is 2.21. The lowest BCUT2D eigenvalue weighted by molar-refractivity contribution is 0.305. The van der Waals surface area contributed by atoms with Crippen LogP contribution in [0.15, 0.2) is 36.4 Å². The first-order valence-corrected chi connectivity index (χ1v) is 6.70. The SMILES string of the molecule is COc1ccc(COc2ccc(C)c(C)c2)cc1CN. The molecule has 2 rings (SSSR count). The predicted molar refractivity (Wildman–Crippen MR) is 81.1 cm³/mol. The molecule has 0 saturated carbocycles. The predicted octanol–water partition coefficient (Wildman–Crippen LogP) is 3.35. The van der Waals surface area contributed by atoms with Crippen molar-refractivity contribution in [3.8, 4) is 11.5 Å². The maximum absolute atomic E-state index is 5.82. The zero-order chi connectivity index (χ0) is 14.5. The van der Waals surface area contributed by atoms with Crippen molar-refractivity contribution in [2.45, 2.75) is 27.0 Å². The molecule has 0 aliphatic carbocycles. The number of methoxy groups -OCH3 is 1. The largest absolute Gasteiger partial charge is 0.496 e. The molecule has 2 N–H and O–H groups in total. The summed E-state index contributed by atoms with van der Waals surface area (Å²) in [4.78, 5) is 0. The summed E-state index contributed by atoms with van der Waals surface area (Å²) in [6.45, 7) is 5.17. The van der Waals surface area contributed by atoms with Gasteiger partial charge in [-0.3, -0.25) is 0 Å². The van der Waals surface area contributed by atoms with Crippen molar-refractivity contribution in [2.75, 3.05) is 7.11 Å². The molecule has 0 radical (unpaired) electrons. The van der Waals surface area contributed by atoms with Gasteiger partial charge < -0.3 is 15.2 Å². The van der Waals surface area contributed by atoms with Crippen LogP contribution in [0.3, 0.4) is 0 Å². The Labute approximate surface area is 120 Å². The minimum absolute atomic E-state index is 0.459. The molecule has 0 heterocycles. The average molecular weight is 271 g/mol. The molecule has 0 atom stereocenters. The van der Waals surface area contributed by atoms with Crippen LogP contribution in [0.2, 0.25) is 0 Å². The fourth-order valence-electron chi connectivity index (χ4n) is 2.05. The van der Waals surface area contributed by atoms with E-state index >= 15 is 0 Å². The van der Waals surface area contributed by atoms with Gasteiger partial charge in [-0.15, -0.1) is 0 Å². The highest BCUT2D eigenvalue weighted by molar-refractivity contribution is 5.38. The molecular formula is C17H21NO2. The smallest absolute Gasteiger partial charge is 0.123 e. The second-order valence-corrected chi connectivity index (χ2v) is 4.89. The Kier molecular flexibility index (Phi) is 4.64. The van der Waals surface area contributed by atoms with Gasteiger partial charge >= 0.3 is 0 Å². The topological polar surface area (TPSA) is 44.5 Å². The number of rotatable bonds is 5. The Morgan fingerprint density at radius 2 is 1.80 bits per heavy atom. The lowest BCUT2D eigenvalue weighted by Gasteiger charge is -2.11. The Morgan fingerprint density at radius 1 is 1.00 bits per heavy atom. The molecule has 0 aromatic heterocycles. The third-order valence-electron chi connectivity index (χ3n) is 3.45. The molecule has 0 amide bonds. The number of aryl methyl sites for hydroxylation is 2. The molecule has 20 heavy (non-hydrogen) atoms. The van der Waals surface area contributed by atoms with Gasteiger partial charge in [-0.2, -0.15) is 0 Å². The molecule has 2 aromatic rings. The standard InChI is InChI=1S/C17H21NO2/c1-12-4-6-16(8-13(12)2)20-11-14-5-7-17(19-3)15(9-14)10-18/h4-9H,10-11,18H2,1-3H3. The lowest BCUT2D eigenvalue weighted by Crippen LogP contribution is -2.02. The molecule has 106 valence electrons. The molecule has 3 nitrogen and oxygen atoms in total. The average Bonchev–Trinajstić information content (AvgIpc) is 2.48. The normalized spacial score (nSPS) is 10.4. The van der Waals surface area contributed by atoms with Gasteiger partial charge in [0.05, 0.1) is 7.11 Å². The molecular weight excluding hydrogens is 250 g/mol. The van der Waals surface area contributed by atoms with Crippen molar-refractivity contribution in [1.82, 2.24) is 0 Å². The number of hydrogen-bond acceptors (Lipinski definition) is 3. The molecule has 0 spiro atoms. The van der Waals surface area contributed by atoms with Gasteiger partial charge in [-0.05, 0) is 54.8 Å². The van der Waals surface area contributed by atoms with Crippen molar-refractivity contribution in [3.63, 3.8) is 0 Å². The molecule has 3 heteroatoms. The molecule has 0 saturated heterocycles. The number of nitrogens with two attached hydrogens (primary N) is 1. The van der Waals surface area contributed by atoms with Gasteiger partial charge in [0.25, 0.3) is 0 Å². The number of hydrogen-bond donors (Lipinski definition) is 1. The molecule has 2 aromatic carbocycles. The van der Waals surface area contributed by atoms with Crippen molar-refractivity contribution >= 4 is 0 Å². The van der Waals surface area contributed by atoms with E-state index in [1.54, 1.807) is 7.11 Å². The highest BCUT2D eigenvalue weighted by Gasteiger charge is 2.04. The Hall–Kier alpha value is -2.00. The van der Waals surface area contributed by atoms with Gasteiger partial charge in [-0.1, -0.05) is 12.1 Å².